The van der Waals surface area contributed by atoms with Gasteiger partial charge in [0.2, 0.25) is 0 Å². The Balaban J connectivity index is 2.06. The number of carboxylic acid groups (broad SMARTS) is 1. The molecule has 0 saturated carbocycles. The highest BCUT2D eigenvalue weighted by atomic mass is 19.1. The number of likely N-dealkylation sites (tertiary alicyclic amines) is 1. The van der Waals surface area contributed by atoms with E-state index in [0.717, 1.165) is 23.2 Å². The van der Waals surface area contributed by atoms with Crippen LogP contribution in [0, 0.1) is 18.7 Å². The van der Waals surface area contributed by atoms with Gasteiger partial charge in [-0.1, -0.05) is 6.07 Å². The van der Waals surface area contributed by atoms with Gasteiger partial charge >= 0.3 is 6.09 Å². The van der Waals surface area contributed by atoms with Crippen LogP contribution in [0.1, 0.15) is 17.2 Å². The molecule has 0 bridgehead atoms. The minimum atomic E-state index is -0.927. The third-order valence-electron chi connectivity index (χ3n) is 3.92. The molecule has 1 amide bonds. The molecule has 0 spiro atoms. The summed E-state index contributed by atoms with van der Waals surface area (Å²) in [5.41, 5.74) is 2.73. The molecule has 1 aromatic carbocycles. The van der Waals surface area contributed by atoms with Crippen molar-refractivity contribution in [2.75, 3.05) is 13.1 Å². The lowest BCUT2D eigenvalue weighted by Gasteiger charge is -2.24. The molecule has 5 heteroatoms. The molecule has 2 unspecified atom stereocenters. The Kier molecular flexibility index (Phi) is 2.69. The van der Waals surface area contributed by atoms with Crippen LogP contribution in [-0.2, 0) is 0 Å². The fourth-order valence-corrected chi connectivity index (χ4v) is 3.03. The van der Waals surface area contributed by atoms with Gasteiger partial charge in [-0.25, -0.2) is 9.18 Å². The predicted octanol–water partition coefficient (Wildman–Crippen LogP) is 2.27. The lowest BCUT2D eigenvalue weighted by atomic mass is 9.93. The molecule has 0 aromatic heterocycles. The Morgan fingerprint density at radius 2 is 2.32 bits per heavy atom. The fraction of sp³-hybridized carbons (Fsp3) is 0.357. The first kappa shape index (κ1) is 12.0. The van der Waals surface area contributed by atoms with Gasteiger partial charge in [-0.3, -0.25) is 4.90 Å². The van der Waals surface area contributed by atoms with Crippen LogP contribution in [0.2, 0.25) is 0 Å². The molecule has 4 nitrogen and oxygen atoms in total. The van der Waals surface area contributed by atoms with Gasteiger partial charge in [0, 0.05) is 19.0 Å². The number of halogens is 1. The minimum absolute atomic E-state index is 0.227. The van der Waals surface area contributed by atoms with Gasteiger partial charge in [0.05, 0.1) is 6.04 Å². The van der Waals surface area contributed by atoms with E-state index in [0.29, 0.717) is 6.54 Å². The first-order valence-electron chi connectivity index (χ1n) is 6.27. The number of aryl methyl sites for hydroxylation is 1. The number of fused-ring (bicyclic) bond motifs is 1. The highest BCUT2D eigenvalue weighted by Gasteiger charge is 2.42. The molecule has 1 fully saturated rings. The molecule has 1 aromatic rings. The first-order chi connectivity index (χ1) is 9.08. The molecule has 2 aliphatic rings. The molecular weight excluding hydrogens is 247 g/mol. The third kappa shape index (κ3) is 1.85. The summed E-state index contributed by atoms with van der Waals surface area (Å²) in [7, 11) is 0. The van der Waals surface area contributed by atoms with E-state index in [9.17, 15) is 14.3 Å². The summed E-state index contributed by atoms with van der Waals surface area (Å²) < 4.78 is 13.2. The molecule has 2 N–H and O–H groups in total. The van der Waals surface area contributed by atoms with Crippen LogP contribution >= 0.6 is 0 Å². The molecule has 0 aliphatic carbocycles. The predicted molar refractivity (Wildman–Crippen MR) is 68.2 cm³/mol. The van der Waals surface area contributed by atoms with Gasteiger partial charge in [0.25, 0.3) is 0 Å². The number of benzene rings is 1. The maximum absolute atomic E-state index is 13.2. The molecular formula is C14H15FN2O2. The number of nitrogens with one attached hydrogen (secondary N) is 1. The van der Waals surface area contributed by atoms with Crippen molar-refractivity contribution in [3.05, 3.63) is 46.9 Å². The fourth-order valence-electron chi connectivity index (χ4n) is 3.03. The number of hydrogen-bond acceptors (Lipinski definition) is 2. The SMILES string of the molecule is Cc1cc(F)ccc1C1C2=CNCC2CN1C(=O)O. The first-order valence-corrected chi connectivity index (χ1v) is 6.27. The molecule has 2 heterocycles. The van der Waals surface area contributed by atoms with E-state index in [1.807, 2.05) is 13.1 Å². The lowest BCUT2D eigenvalue weighted by Crippen LogP contribution is -2.31. The third-order valence-corrected chi connectivity index (χ3v) is 3.92. The normalized spacial score (nSPS) is 24.9. The lowest BCUT2D eigenvalue weighted by molar-refractivity contribution is 0.141. The smallest absolute Gasteiger partial charge is 0.408 e. The van der Waals surface area contributed by atoms with Crippen molar-refractivity contribution < 1.29 is 14.3 Å². The summed E-state index contributed by atoms with van der Waals surface area (Å²) in [6.45, 7) is 3.08. The Hall–Kier alpha value is -2.04. The maximum Gasteiger partial charge on any atom is 0.408 e. The van der Waals surface area contributed by atoms with Crippen molar-refractivity contribution in [2.24, 2.45) is 5.92 Å². The van der Waals surface area contributed by atoms with Crippen LogP contribution in [0.15, 0.2) is 30.0 Å². The largest absolute Gasteiger partial charge is 0.465 e. The molecule has 0 radical (unpaired) electrons. The maximum atomic E-state index is 13.2. The van der Waals surface area contributed by atoms with E-state index < -0.39 is 6.09 Å². The van der Waals surface area contributed by atoms with Crippen molar-refractivity contribution in [1.29, 1.82) is 0 Å². The molecule has 3 rings (SSSR count). The molecule has 1 saturated heterocycles. The summed E-state index contributed by atoms with van der Waals surface area (Å²) >= 11 is 0. The van der Waals surface area contributed by atoms with Crippen molar-refractivity contribution in [3.63, 3.8) is 0 Å². The number of nitrogens with zero attached hydrogens (tertiary/aromatic N) is 1. The van der Waals surface area contributed by atoms with Crippen molar-refractivity contribution >= 4 is 6.09 Å². The standard InChI is InChI=1S/C14H15FN2O2/c1-8-4-10(15)2-3-11(8)13-12-6-16-5-9(12)7-17(13)14(18)19/h2-4,6,9,13,16H,5,7H2,1H3,(H,18,19). The Labute approximate surface area is 110 Å². The van der Waals surface area contributed by atoms with Gasteiger partial charge in [0.1, 0.15) is 5.82 Å². The molecule has 100 valence electrons. The summed E-state index contributed by atoms with van der Waals surface area (Å²) in [6, 6.07) is 4.23. The van der Waals surface area contributed by atoms with Gasteiger partial charge in [-0.05, 0) is 42.0 Å². The molecule has 19 heavy (non-hydrogen) atoms. The van der Waals surface area contributed by atoms with Crippen molar-refractivity contribution in [2.45, 2.75) is 13.0 Å². The topological polar surface area (TPSA) is 52.6 Å². The van der Waals surface area contributed by atoms with Crippen molar-refractivity contribution in [1.82, 2.24) is 10.2 Å². The van der Waals surface area contributed by atoms with Crippen LogP contribution in [0.25, 0.3) is 0 Å². The zero-order valence-corrected chi connectivity index (χ0v) is 10.6. The van der Waals surface area contributed by atoms with Gasteiger partial charge in [0.15, 0.2) is 0 Å². The van der Waals surface area contributed by atoms with E-state index in [4.69, 9.17) is 0 Å². The quantitative estimate of drug-likeness (QED) is 0.816. The Morgan fingerprint density at radius 1 is 1.53 bits per heavy atom. The summed E-state index contributed by atoms with van der Waals surface area (Å²) in [5.74, 6) is -0.0678. The number of carbonyl (C=O) groups is 1. The van der Waals surface area contributed by atoms with Crippen LogP contribution < -0.4 is 5.32 Å². The van der Waals surface area contributed by atoms with E-state index in [1.54, 1.807) is 6.07 Å². The zero-order chi connectivity index (χ0) is 13.6. The minimum Gasteiger partial charge on any atom is -0.465 e. The average Bonchev–Trinajstić information content (AvgIpc) is 2.89. The van der Waals surface area contributed by atoms with Crippen LogP contribution in [0.5, 0.6) is 0 Å². The zero-order valence-electron chi connectivity index (χ0n) is 10.6. The summed E-state index contributed by atoms with van der Waals surface area (Å²) in [4.78, 5) is 12.8. The van der Waals surface area contributed by atoms with Crippen LogP contribution in [-0.4, -0.2) is 29.2 Å². The van der Waals surface area contributed by atoms with Gasteiger partial charge in [-0.2, -0.15) is 0 Å². The van der Waals surface area contributed by atoms with E-state index >= 15 is 0 Å². The van der Waals surface area contributed by atoms with Crippen LogP contribution in [0.4, 0.5) is 9.18 Å². The van der Waals surface area contributed by atoms with E-state index in [-0.39, 0.29) is 17.8 Å². The Morgan fingerprint density at radius 3 is 3.00 bits per heavy atom. The van der Waals surface area contributed by atoms with Gasteiger partial charge < -0.3 is 10.4 Å². The molecule has 2 atom stereocenters. The summed E-state index contributed by atoms with van der Waals surface area (Å²) in [5, 5.41) is 12.5. The number of rotatable bonds is 1. The van der Waals surface area contributed by atoms with Crippen LogP contribution in [0.3, 0.4) is 0 Å². The summed E-state index contributed by atoms with van der Waals surface area (Å²) in [6.07, 6.45) is 0.977. The number of amides is 1. The second-order valence-corrected chi connectivity index (χ2v) is 5.09. The molecule has 2 aliphatic heterocycles. The van der Waals surface area contributed by atoms with Gasteiger partial charge in [-0.15, -0.1) is 0 Å². The van der Waals surface area contributed by atoms with Crippen molar-refractivity contribution in [3.8, 4) is 0 Å². The second-order valence-electron chi connectivity index (χ2n) is 5.09. The average molecular weight is 262 g/mol. The highest BCUT2D eigenvalue weighted by molar-refractivity contribution is 5.68. The second kappa shape index (κ2) is 4.26. The van der Waals surface area contributed by atoms with E-state index in [1.165, 1.54) is 17.0 Å². The monoisotopic (exact) mass is 262 g/mol. The highest BCUT2D eigenvalue weighted by Crippen LogP contribution is 2.42. The van der Waals surface area contributed by atoms with E-state index in [2.05, 4.69) is 5.32 Å². The Bertz CT molecular complexity index is 571. The number of hydrogen-bond donors (Lipinski definition) is 2.